The van der Waals surface area contributed by atoms with Crippen molar-refractivity contribution in [1.29, 1.82) is 0 Å². The summed E-state index contributed by atoms with van der Waals surface area (Å²) in [5.74, 6) is -1.49. The van der Waals surface area contributed by atoms with E-state index in [0.29, 0.717) is 23.1 Å². The third-order valence-electron chi connectivity index (χ3n) is 6.10. The van der Waals surface area contributed by atoms with Gasteiger partial charge in [-0.15, -0.1) is 0 Å². The summed E-state index contributed by atoms with van der Waals surface area (Å²) in [4.78, 5) is 0. The maximum atomic E-state index is 11.0. The summed E-state index contributed by atoms with van der Waals surface area (Å²) >= 11 is 6.36. The van der Waals surface area contributed by atoms with E-state index >= 15 is 0 Å². The molecule has 5 N–H and O–H groups in total. The number of halogens is 1. The van der Waals surface area contributed by atoms with Crippen LogP contribution >= 0.6 is 11.6 Å². The number of rotatable bonds is 6. The molecule has 0 aromatic heterocycles. The first-order valence-corrected chi connectivity index (χ1v) is 10.8. The fourth-order valence-corrected chi connectivity index (χ4v) is 4.10. The zero-order valence-electron chi connectivity index (χ0n) is 16.9. The molecule has 0 spiro atoms. The quantitative estimate of drug-likeness (QED) is 0.452. The average molecular weight is 451 g/mol. The van der Waals surface area contributed by atoms with Crippen LogP contribution in [0, 0.1) is 0 Å². The van der Waals surface area contributed by atoms with E-state index in [2.05, 4.69) is 0 Å². The summed E-state index contributed by atoms with van der Waals surface area (Å²) in [5.41, 5.74) is 1.81. The Morgan fingerprint density at radius 2 is 1.74 bits per heavy atom. The highest BCUT2D eigenvalue weighted by molar-refractivity contribution is 6.31. The van der Waals surface area contributed by atoms with Crippen molar-refractivity contribution < 1.29 is 35.0 Å². The van der Waals surface area contributed by atoms with Gasteiger partial charge in [0.1, 0.15) is 30.2 Å². The third kappa shape index (κ3) is 4.45. The Hall–Kier alpha value is -1.71. The number of ether oxygens (including phenoxy) is 2. The number of hydrogen-bond donors (Lipinski definition) is 5. The third-order valence-corrected chi connectivity index (χ3v) is 6.47. The molecule has 2 aliphatic rings. The zero-order valence-corrected chi connectivity index (χ0v) is 17.7. The van der Waals surface area contributed by atoms with E-state index in [1.165, 1.54) is 12.5 Å². The van der Waals surface area contributed by atoms with Gasteiger partial charge in [0.05, 0.1) is 12.7 Å². The molecule has 0 unspecified atom stereocenters. The van der Waals surface area contributed by atoms with Crippen LogP contribution in [0.5, 0.6) is 5.75 Å². The van der Waals surface area contributed by atoms with Crippen molar-refractivity contribution in [3.8, 4) is 5.75 Å². The van der Waals surface area contributed by atoms with Gasteiger partial charge in [0.25, 0.3) is 0 Å². The fraction of sp³-hybridized carbons (Fsp3) is 0.478. The van der Waals surface area contributed by atoms with Gasteiger partial charge in [0.2, 0.25) is 5.79 Å². The predicted octanol–water partition coefficient (Wildman–Crippen LogP) is 1.48. The monoisotopic (exact) mass is 450 g/mol. The van der Waals surface area contributed by atoms with Crippen molar-refractivity contribution in [2.75, 3.05) is 6.61 Å². The number of aliphatic hydroxyl groups is 5. The van der Waals surface area contributed by atoms with Crippen molar-refractivity contribution in [3.63, 3.8) is 0 Å². The second-order valence-corrected chi connectivity index (χ2v) is 8.67. The second-order valence-electron chi connectivity index (χ2n) is 8.26. The van der Waals surface area contributed by atoms with Gasteiger partial charge in [-0.1, -0.05) is 29.8 Å². The summed E-state index contributed by atoms with van der Waals surface area (Å²) in [6.07, 6.45) is -2.17. The lowest BCUT2D eigenvalue weighted by atomic mass is 9.87. The smallest absolute Gasteiger partial charge is 0.222 e. The molecule has 4 rings (SSSR count). The van der Waals surface area contributed by atoms with Gasteiger partial charge < -0.3 is 35.0 Å². The van der Waals surface area contributed by atoms with Crippen LogP contribution in [0.15, 0.2) is 42.5 Å². The average Bonchev–Trinajstić information content (AvgIpc) is 2.74. The predicted molar refractivity (Wildman–Crippen MR) is 113 cm³/mol. The first-order chi connectivity index (χ1) is 14.8. The van der Waals surface area contributed by atoms with Gasteiger partial charge in [-0.3, -0.25) is 0 Å². The minimum Gasteiger partial charge on any atom is -0.490 e. The topological polar surface area (TPSA) is 120 Å². The molecule has 7 nitrogen and oxygen atoms in total. The molecular formula is C23H27ClO7. The first-order valence-electron chi connectivity index (χ1n) is 10.4. The lowest BCUT2D eigenvalue weighted by molar-refractivity contribution is -0.357. The standard InChI is InChI=1S/C23H27ClO7/c24-18-9-6-15(23(29)22(28)21(27)20(26)19(12-25)31-23)11-14(18)10-13-4-7-17(8-5-13)30-16-2-1-3-16/h4-9,11,16,19-22,25-29H,1-3,10,12H2/t19-,20-,21+,22-,23+/m1/s1. The maximum absolute atomic E-state index is 11.0. The number of hydrogen-bond acceptors (Lipinski definition) is 7. The highest BCUT2D eigenvalue weighted by Gasteiger charge is 2.53. The Balaban J connectivity index is 1.55. The minimum atomic E-state index is -2.31. The molecule has 1 aliphatic carbocycles. The van der Waals surface area contributed by atoms with Crippen LogP contribution in [0.25, 0.3) is 0 Å². The van der Waals surface area contributed by atoms with Crippen LogP contribution in [0.3, 0.4) is 0 Å². The van der Waals surface area contributed by atoms with E-state index in [0.717, 1.165) is 24.2 Å². The molecule has 31 heavy (non-hydrogen) atoms. The highest BCUT2D eigenvalue weighted by atomic mass is 35.5. The van der Waals surface area contributed by atoms with E-state index in [-0.39, 0.29) is 5.56 Å². The molecule has 2 aromatic carbocycles. The molecule has 8 heteroatoms. The number of aliphatic hydroxyl groups excluding tert-OH is 4. The van der Waals surface area contributed by atoms with E-state index in [9.17, 15) is 25.5 Å². The number of benzene rings is 2. The van der Waals surface area contributed by atoms with Crippen LogP contribution in [-0.4, -0.2) is 62.7 Å². The Morgan fingerprint density at radius 3 is 2.35 bits per heavy atom. The Morgan fingerprint density at radius 1 is 1.03 bits per heavy atom. The molecule has 0 radical (unpaired) electrons. The van der Waals surface area contributed by atoms with Crippen LogP contribution < -0.4 is 4.74 Å². The normalized spacial score (nSPS) is 31.3. The minimum absolute atomic E-state index is 0.161. The van der Waals surface area contributed by atoms with Crippen LogP contribution in [0.2, 0.25) is 5.02 Å². The van der Waals surface area contributed by atoms with Crippen LogP contribution in [0.4, 0.5) is 0 Å². The fourth-order valence-electron chi connectivity index (χ4n) is 3.91. The van der Waals surface area contributed by atoms with Crippen LogP contribution in [0.1, 0.15) is 36.0 Å². The Labute approximate surface area is 185 Å². The second kappa shape index (κ2) is 9.03. The molecule has 1 aliphatic heterocycles. The highest BCUT2D eigenvalue weighted by Crippen LogP contribution is 2.38. The summed E-state index contributed by atoms with van der Waals surface area (Å²) in [5, 5.41) is 51.4. The van der Waals surface area contributed by atoms with E-state index in [1.807, 2.05) is 24.3 Å². The van der Waals surface area contributed by atoms with Crippen molar-refractivity contribution in [1.82, 2.24) is 0 Å². The summed E-state index contributed by atoms with van der Waals surface area (Å²) in [6.45, 7) is -0.636. The van der Waals surface area contributed by atoms with Gasteiger partial charge >= 0.3 is 0 Å². The molecule has 0 bridgehead atoms. The molecular weight excluding hydrogens is 424 g/mol. The summed E-state index contributed by atoms with van der Waals surface area (Å²) in [7, 11) is 0. The van der Waals surface area contributed by atoms with Gasteiger partial charge in [-0.2, -0.15) is 0 Å². The maximum Gasteiger partial charge on any atom is 0.222 e. The van der Waals surface area contributed by atoms with Gasteiger partial charge in [-0.05, 0) is 61.1 Å². The van der Waals surface area contributed by atoms with E-state index in [4.69, 9.17) is 21.1 Å². The Bertz CT molecular complexity index is 899. The SMILES string of the molecule is OC[C@H]1O[C@@](O)(c2ccc(Cl)c(Cc3ccc(OC4CCC4)cc3)c2)[C@H](O)[C@@H](O)[C@@H]1O. The molecule has 1 saturated carbocycles. The van der Waals surface area contributed by atoms with Crippen molar-refractivity contribution in [2.45, 2.75) is 62.0 Å². The summed E-state index contributed by atoms with van der Waals surface area (Å²) < 4.78 is 11.3. The Kier molecular flexibility index (Phi) is 6.55. The molecule has 2 aromatic rings. The molecule has 5 atom stereocenters. The largest absolute Gasteiger partial charge is 0.490 e. The molecule has 1 heterocycles. The van der Waals surface area contributed by atoms with Gasteiger partial charge in [-0.25, -0.2) is 0 Å². The van der Waals surface area contributed by atoms with E-state index in [1.54, 1.807) is 12.1 Å². The molecule has 1 saturated heterocycles. The molecule has 0 amide bonds. The van der Waals surface area contributed by atoms with Crippen molar-refractivity contribution in [3.05, 3.63) is 64.2 Å². The first kappa shape index (κ1) is 22.5. The zero-order chi connectivity index (χ0) is 22.2. The van der Waals surface area contributed by atoms with Crippen molar-refractivity contribution >= 4 is 11.6 Å². The molecule has 168 valence electrons. The van der Waals surface area contributed by atoms with Crippen molar-refractivity contribution in [2.24, 2.45) is 0 Å². The van der Waals surface area contributed by atoms with Gasteiger partial charge in [0, 0.05) is 10.6 Å². The lowest BCUT2D eigenvalue weighted by Crippen LogP contribution is -2.63. The lowest BCUT2D eigenvalue weighted by Gasteiger charge is -2.45. The summed E-state index contributed by atoms with van der Waals surface area (Å²) in [6, 6.07) is 12.3. The van der Waals surface area contributed by atoms with Crippen LogP contribution in [-0.2, 0) is 16.9 Å². The molecule has 2 fully saturated rings. The van der Waals surface area contributed by atoms with Gasteiger partial charge in [0.15, 0.2) is 0 Å². The van der Waals surface area contributed by atoms with E-state index < -0.39 is 36.8 Å².